The fraction of sp³-hybridized carbons (Fsp3) is 0.860. The molecule has 18 nitrogen and oxygen atoms in total. The molecule has 4 fully saturated rings. The van der Waals surface area contributed by atoms with E-state index in [9.17, 15) is 33.6 Å². The molecule has 19 heteroatoms. The summed E-state index contributed by atoms with van der Waals surface area (Å²) in [7, 11) is 1.72. The van der Waals surface area contributed by atoms with Crippen molar-refractivity contribution in [3.05, 3.63) is 0 Å². The number of amides is 7. The van der Waals surface area contributed by atoms with Gasteiger partial charge in [0.2, 0.25) is 23.6 Å². The highest BCUT2D eigenvalue weighted by molar-refractivity contribution is 6.76. The summed E-state index contributed by atoms with van der Waals surface area (Å²) in [5, 5.41) is 8.85. The Morgan fingerprint density at radius 3 is 1.41 bits per heavy atom. The second-order valence-electron chi connectivity index (χ2n) is 25.3. The van der Waals surface area contributed by atoms with Crippen LogP contribution in [0.2, 0.25) is 25.7 Å². The molecule has 2 aliphatic heterocycles. The summed E-state index contributed by atoms with van der Waals surface area (Å²) in [4.78, 5) is 97.2. The van der Waals surface area contributed by atoms with Crippen LogP contribution in [0.5, 0.6) is 0 Å². The Balaban J connectivity index is 0.000000378. The van der Waals surface area contributed by atoms with Crippen LogP contribution in [0.15, 0.2) is 0 Å². The molecule has 0 radical (unpaired) electrons. The van der Waals surface area contributed by atoms with Crippen molar-refractivity contribution in [2.75, 3.05) is 33.8 Å². The molecular weight excluding hydrogens is 901 g/mol. The number of hydrogen-bond acceptors (Lipinski definition) is 11. The van der Waals surface area contributed by atoms with Gasteiger partial charge in [-0.2, -0.15) is 0 Å². The second kappa shape index (κ2) is 23.0. The van der Waals surface area contributed by atoms with Crippen LogP contribution in [0.3, 0.4) is 0 Å². The number of hydrogen-bond donors (Lipinski definition) is 4. The average molecular weight is 993 g/mol. The van der Waals surface area contributed by atoms with Crippen molar-refractivity contribution < 1.29 is 47.8 Å². The zero-order valence-corrected chi connectivity index (χ0v) is 46.8. The third-order valence-corrected chi connectivity index (χ3v) is 15.5. The summed E-state index contributed by atoms with van der Waals surface area (Å²) < 4.78 is 16.2. The Labute approximate surface area is 414 Å². The van der Waals surface area contributed by atoms with Gasteiger partial charge in [-0.3, -0.25) is 29.0 Å². The minimum Gasteiger partial charge on any atom is -0.450 e. The van der Waals surface area contributed by atoms with E-state index < -0.39 is 78.5 Å². The van der Waals surface area contributed by atoms with Crippen LogP contribution in [-0.2, 0) is 33.4 Å². The summed E-state index contributed by atoms with van der Waals surface area (Å²) >= 11 is 0. The van der Waals surface area contributed by atoms with Crippen LogP contribution in [0.1, 0.15) is 135 Å². The maximum atomic E-state index is 14.0. The summed E-state index contributed by atoms with van der Waals surface area (Å²) in [6.45, 7) is 33.7. The summed E-state index contributed by atoms with van der Waals surface area (Å²) in [6.07, 6.45) is 3.91. The molecule has 7 amide bonds. The van der Waals surface area contributed by atoms with Crippen LogP contribution in [0, 0.1) is 22.7 Å². The molecular formula is C50H92N8O10Si. The number of rotatable bonds is 12. The SMILES string of the molecule is C[C@@H](C(=O)N[C@H](C(=O)N1CC[C@H]2CC[C@H](N)[C@H]21)C(C)(C)C)N(C)C(=O)OC(C)(C)C.C[C@@H](C(=O)N[C@H](C(=O)N1CC[C@H]2CC[C@H](NC(=O)OCC[Si](C)(C)C)[C@H]21)C(C)(C)C)N(C)C(=O)OC(C)(C)C. The third kappa shape index (κ3) is 16.7. The van der Waals surface area contributed by atoms with E-state index in [2.05, 4.69) is 35.6 Å². The van der Waals surface area contributed by atoms with E-state index >= 15 is 0 Å². The Kier molecular flexibility index (Phi) is 19.7. The van der Waals surface area contributed by atoms with Crippen molar-refractivity contribution in [1.29, 1.82) is 0 Å². The van der Waals surface area contributed by atoms with Crippen molar-refractivity contribution in [3.8, 4) is 0 Å². The van der Waals surface area contributed by atoms with Gasteiger partial charge in [0.15, 0.2) is 0 Å². The molecule has 0 bridgehead atoms. The van der Waals surface area contributed by atoms with Gasteiger partial charge in [-0.15, -0.1) is 0 Å². The largest absolute Gasteiger partial charge is 0.450 e. The molecule has 10 atom stereocenters. The van der Waals surface area contributed by atoms with Gasteiger partial charge in [0, 0.05) is 47.3 Å². The topological polar surface area (TPSA) is 222 Å². The number of ether oxygens (including phenoxy) is 3. The molecule has 2 saturated heterocycles. The Bertz CT molecular complexity index is 1830. The maximum absolute atomic E-state index is 14.0. The summed E-state index contributed by atoms with van der Waals surface area (Å²) in [5.41, 5.74) is 3.88. The number of likely N-dealkylation sites (N-methyl/N-ethyl adjacent to an activating group) is 2. The molecule has 4 aliphatic rings. The van der Waals surface area contributed by atoms with E-state index in [1.54, 1.807) is 55.4 Å². The van der Waals surface area contributed by atoms with Gasteiger partial charge in [-0.05, 0) is 123 Å². The molecule has 2 saturated carbocycles. The molecule has 0 aromatic carbocycles. The average Bonchev–Trinajstić information content (AvgIpc) is 3.99. The van der Waals surface area contributed by atoms with Gasteiger partial charge in [-0.1, -0.05) is 61.2 Å². The minimum atomic E-state index is -1.31. The standard InChI is InChI=1S/C28H52N4O6Si.C22H40N4O4/c1-18(31(8)26(36)38-28(5,6)7)23(33)30-22(27(2,3)4)24(34)32-15-14-19-12-13-20(21(19)32)29-25(35)37-16-17-39(9,10)11;1-13(25(8)20(29)30-22(5,6)7)18(27)24-17(21(2,3)4)19(28)26-12-11-14-9-10-15(23)16(14)26/h18-22H,12-17H2,1-11H3,(H,29,35)(H,30,33);13-17H,9-12,23H2,1-8H3,(H,24,27)/t18-,19+,20-,21-,22+;13-,14+,15-,16-,17+/m00/s1. The van der Waals surface area contributed by atoms with Crippen molar-refractivity contribution in [3.63, 3.8) is 0 Å². The quantitative estimate of drug-likeness (QED) is 0.125. The highest BCUT2D eigenvalue weighted by atomic mass is 28.3. The predicted molar refractivity (Wildman–Crippen MR) is 270 cm³/mol. The molecule has 0 aromatic heterocycles. The van der Waals surface area contributed by atoms with Crippen molar-refractivity contribution in [1.82, 2.24) is 35.6 Å². The van der Waals surface area contributed by atoms with Crippen LogP contribution in [-0.4, -0.2) is 163 Å². The van der Waals surface area contributed by atoms with E-state index in [1.165, 1.54) is 23.9 Å². The number of carbonyl (C=O) groups excluding carboxylic acids is 7. The molecule has 69 heavy (non-hydrogen) atoms. The summed E-state index contributed by atoms with van der Waals surface area (Å²) in [5.74, 6) is -0.320. The highest BCUT2D eigenvalue weighted by Gasteiger charge is 2.51. The van der Waals surface area contributed by atoms with Crippen LogP contribution < -0.4 is 21.7 Å². The van der Waals surface area contributed by atoms with E-state index in [-0.39, 0.29) is 41.9 Å². The van der Waals surface area contributed by atoms with Crippen molar-refractivity contribution in [2.45, 2.75) is 221 Å². The van der Waals surface area contributed by atoms with Gasteiger partial charge in [0.1, 0.15) is 35.4 Å². The second-order valence-corrected chi connectivity index (χ2v) is 30.9. The Morgan fingerprint density at radius 1 is 0.623 bits per heavy atom. The number of alkyl carbamates (subject to hydrolysis) is 1. The number of nitrogens with one attached hydrogen (secondary N) is 3. The number of nitrogens with zero attached hydrogens (tertiary/aromatic N) is 4. The third-order valence-electron chi connectivity index (χ3n) is 13.8. The lowest BCUT2D eigenvalue weighted by atomic mass is 9.85. The van der Waals surface area contributed by atoms with Gasteiger partial charge in [-0.25, -0.2) is 14.4 Å². The molecule has 0 aromatic rings. The smallest absolute Gasteiger partial charge is 0.410 e. The molecule has 2 heterocycles. The van der Waals surface area contributed by atoms with E-state index in [4.69, 9.17) is 19.9 Å². The first-order chi connectivity index (χ1) is 31.3. The number of nitrogens with two attached hydrogens (primary N) is 1. The first-order valence-corrected chi connectivity index (χ1v) is 28.9. The van der Waals surface area contributed by atoms with Gasteiger partial charge >= 0.3 is 18.3 Å². The zero-order valence-electron chi connectivity index (χ0n) is 45.8. The molecule has 4 rings (SSSR count). The van der Waals surface area contributed by atoms with Crippen molar-refractivity contribution >= 4 is 50.0 Å². The summed E-state index contributed by atoms with van der Waals surface area (Å²) in [6, 6.07) is -2.49. The van der Waals surface area contributed by atoms with Gasteiger partial charge < -0.3 is 45.7 Å². The fourth-order valence-corrected chi connectivity index (χ4v) is 10.2. The molecule has 5 N–H and O–H groups in total. The number of fused-ring (bicyclic) bond motifs is 2. The van der Waals surface area contributed by atoms with Crippen LogP contribution in [0.25, 0.3) is 0 Å². The van der Waals surface area contributed by atoms with E-state index in [0.717, 1.165) is 44.6 Å². The lowest BCUT2D eigenvalue weighted by Gasteiger charge is -2.38. The van der Waals surface area contributed by atoms with E-state index in [0.29, 0.717) is 31.5 Å². The molecule has 0 unspecified atom stereocenters. The first-order valence-electron chi connectivity index (χ1n) is 25.2. The maximum Gasteiger partial charge on any atom is 0.410 e. The highest BCUT2D eigenvalue weighted by Crippen LogP contribution is 2.40. The van der Waals surface area contributed by atoms with Crippen LogP contribution in [0.4, 0.5) is 14.4 Å². The van der Waals surface area contributed by atoms with Gasteiger partial charge in [0.25, 0.3) is 0 Å². The fourth-order valence-electron chi connectivity index (χ4n) is 9.46. The predicted octanol–water partition coefficient (Wildman–Crippen LogP) is 6.33. The van der Waals surface area contributed by atoms with Crippen molar-refractivity contribution in [2.24, 2.45) is 28.4 Å². The lowest BCUT2D eigenvalue weighted by molar-refractivity contribution is -0.141. The van der Waals surface area contributed by atoms with Gasteiger partial charge in [0.05, 0.1) is 18.7 Å². The first kappa shape index (κ1) is 59.2. The van der Waals surface area contributed by atoms with Crippen LogP contribution >= 0.6 is 0 Å². The minimum absolute atomic E-state index is 0.00463. The molecule has 0 spiro atoms. The monoisotopic (exact) mass is 993 g/mol. The van der Waals surface area contributed by atoms with E-state index in [1.807, 2.05) is 51.3 Å². The molecule has 2 aliphatic carbocycles. The number of carbonyl (C=O) groups is 7. The lowest BCUT2D eigenvalue weighted by Crippen LogP contribution is -2.60. The zero-order chi connectivity index (χ0) is 52.9. The Morgan fingerprint density at radius 2 is 1.01 bits per heavy atom. The number of likely N-dealkylation sites (tertiary alicyclic amines) is 2. The normalized spacial score (nSPS) is 24.3. The molecule has 396 valence electrons. The Hall–Kier alpha value is -4.13.